The van der Waals surface area contributed by atoms with Gasteiger partial charge in [0.1, 0.15) is 0 Å². The summed E-state index contributed by atoms with van der Waals surface area (Å²) in [6.45, 7) is 7.61. The topological polar surface area (TPSA) is 73.9 Å². The molecule has 0 spiro atoms. The lowest BCUT2D eigenvalue weighted by Gasteiger charge is -2.34. The van der Waals surface area contributed by atoms with E-state index in [0.29, 0.717) is 13.1 Å². The molecule has 1 aliphatic heterocycles. The number of imide groups is 1. The minimum atomic E-state index is -0.443. The van der Waals surface area contributed by atoms with Crippen molar-refractivity contribution in [3.63, 3.8) is 0 Å². The van der Waals surface area contributed by atoms with Gasteiger partial charge in [-0.05, 0) is 30.4 Å². The SMILES string of the molecule is CC(CN1CCOCC1)N(CC(=O)NC(=O)NCCc1cccs1)Cc1ccccc1. The Kier molecular flexibility index (Phi) is 9.48. The van der Waals surface area contributed by atoms with E-state index in [2.05, 4.69) is 39.5 Å². The van der Waals surface area contributed by atoms with Gasteiger partial charge < -0.3 is 10.1 Å². The van der Waals surface area contributed by atoms with Crippen LogP contribution in [0, 0.1) is 0 Å². The van der Waals surface area contributed by atoms with Crippen molar-refractivity contribution in [2.45, 2.75) is 25.9 Å². The van der Waals surface area contributed by atoms with Crippen molar-refractivity contribution in [2.24, 2.45) is 0 Å². The lowest BCUT2D eigenvalue weighted by atomic mass is 10.1. The first-order valence-corrected chi connectivity index (χ1v) is 11.7. The number of amides is 3. The number of hydrogen-bond donors (Lipinski definition) is 2. The second kappa shape index (κ2) is 12.6. The van der Waals surface area contributed by atoms with Gasteiger partial charge in [-0.15, -0.1) is 11.3 Å². The molecule has 8 heteroatoms. The van der Waals surface area contributed by atoms with E-state index in [9.17, 15) is 9.59 Å². The molecule has 3 rings (SSSR count). The number of benzene rings is 1. The summed E-state index contributed by atoms with van der Waals surface area (Å²) in [6, 6.07) is 13.8. The van der Waals surface area contributed by atoms with Gasteiger partial charge >= 0.3 is 6.03 Å². The first kappa shape index (κ1) is 23.4. The molecule has 168 valence electrons. The molecular formula is C23H32N4O3S. The van der Waals surface area contributed by atoms with Crippen LogP contribution in [0.3, 0.4) is 0 Å². The highest BCUT2D eigenvalue weighted by molar-refractivity contribution is 7.09. The largest absolute Gasteiger partial charge is 0.379 e. The Bertz CT molecular complexity index is 794. The predicted octanol–water partition coefficient (Wildman–Crippen LogP) is 2.34. The third kappa shape index (κ3) is 8.41. The monoisotopic (exact) mass is 444 g/mol. The van der Waals surface area contributed by atoms with Crippen LogP contribution in [-0.4, -0.2) is 73.7 Å². The van der Waals surface area contributed by atoms with E-state index in [1.807, 2.05) is 35.7 Å². The third-order valence-electron chi connectivity index (χ3n) is 5.31. The van der Waals surface area contributed by atoms with E-state index in [-0.39, 0.29) is 18.5 Å². The second-order valence-corrected chi connectivity index (χ2v) is 8.82. The molecule has 1 unspecified atom stereocenters. The maximum Gasteiger partial charge on any atom is 0.321 e. The van der Waals surface area contributed by atoms with E-state index in [1.54, 1.807) is 11.3 Å². The molecule has 1 atom stereocenters. The van der Waals surface area contributed by atoms with Crippen LogP contribution < -0.4 is 10.6 Å². The summed E-state index contributed by atoms with van der Waals surface area (Å²) < 4.78 is 5.44. The molecule has 0 bridgehead atoms. The zero-order valence-corrected chi connectivity index (χ0v) is 18.9. The second-order valence-electron chi connectivity index (χ2n) is 7.79. The molecule has 2 heterocycles. The summed E-state index contributed by atoms with van der Waals surface area (Å²) >= 11 is 1.66. The molecule has 1 saturated heterocycles. The highest BCUT2D eigenvalue weighted by Crippen LogP contribution is 2.11. The third-order valence-corrected chi connectivity index (χ3v) is 6.25. The van der Waals surface area contributed by atoms with Gasteiger partial charge in [0.05, 0.1) is 19.8 Å². The van der Waals surface area contributed by atoms with Crippen LogP contribution in [0.4, 0.5) is 4.79 Å². The van der Waals surface area contributed by atoms with Crippen molar-refractivity contribution in [1.29, 1.82) is 0 Å². The van der Waals surface area contributed by atoms with Gasteiger partial charge in [-0.25, -0.2) is 4.79 Å². The molecule has 2 N–H and O–H groups in total. The summed E-state index contributed by atoms with van der Waals surface area (Å²) in [5.41, 5.74) is 1.14. The first-order valence-electron chi connectivity index (χ1n) is 10.8. The van der Waals surface area contributed by atoms with Crippen molar-refractivity contribution < 1.29 is 14.3 Å². The van der Waals surface area contributed by atoms with Crippen LogP contribution in [0.2, 0.25) is 0 Å². The lowest BCUT2D eigenvalue weighted by molar-refractivity contribution is -0.122. The number of rotatable bonds is 10. The molecule has 3 amide bonds. The molecule has 0 aliphatic carbocycles. The molecule has 0 radical (unpaired) electrons. The summed E-state index contributed by atoms with van der Waals surface area (Å²) in [4.78, 5) is 30.4. The fraction of sp³-hybridized carbons (Fsp3) is 0.478. The number of thiophene rings is 1. The Labute approximate surface area is 188 Å². The van der Waals surface area contributed by atoms with E-state index < -0.39 is 6.03 Å². The predicted molar refractivity (Wildman–Crippen MR) is 123 cm³/mol. The summed E-state index contributed by atoms with van der Waals surface area (Å²) in [5.74, 6) is -0.293. The zero-order valence-electron chi connectivity index (χ0n) is 18.1. The van der Waals surface area contributed by atoms with Crippen LogP contribution in [-0.2, 0) is 22.5 Å². The minimum Gasteiger partial charge on any atom is -0.379 e. The quantitative estimate of drug-likeness (QED) is 0.589. The molecular weight excluding hydrogens is 412 g/mol. The highest BCUT2D eigenvalue weighted by Gasteiger charge is 2.22. The molecule has 1 aromatic carbocycles. The van der Waals surface area contributed by atoms with Crippen molar-refractivity contribution in [1.82, 2.24) is 20.4 Å². The number of carbonyl (C=O) groups excluding carboxylic acids is 2. The number of morpholine rings is 1. The van der Waals surface area contributed by atoms with Crippen molar-refractivity contribution in [2.75, 3.05) is 45.9 Å². The maximum atomic E-state index is 12.6. The Morgan fingerprint density at radius 2 is 1.94 bits per heavy atom. The van der Waals surface area contributed by atoms with Crippen molar-refractivity contribution >= 4 is 23.3 Å². The van der Waals surface area contributed by atoms with Crippen LogP contribution in [0.1, 0.15) is 17.4 Å². The molecule has 1 fully saturated rings. The van der Waals surface area contributed by atoms with Crippen LogP contribution in [0.25, 0.3) is 0 Å². The van der Waals surface area contributed by atoms with Gasteiger partial charge in [0.25, 0.3) is 0 Å². The number of carbonyl (C=O) groups is 2. The van der Waals surface area contributed by atoms with Crippen molar-refractivity contribution in [3.8, 4) is 0 Å². The standard InChI is InChI=1S/C23H32N4O3S/c1-19(16-26-11-13-30-14-12-26)27(17-20-6-3-2-4-7-20)18-22(28)25-23(29)24-10-9-21-8-5-15-31-21/h2-8,15,19H,9-14,16-18H2,1H3,(H2,24,25,28,29). The van der Waals surface area contributed by atoms with Crippen LogP contribution >= 0.6 is 11.3 Å². The van der Waals surface area contributed by atoms with Crippen LogP contribution in [0.5, 0.6) is 0 Å². The summed E-state index contributed by atoms with van der Waals surface area (Å²) in [6.07, 6.45) is 0.760. The normalized spacial score (nSPS) is 15.5. The van der Waals surface area contributed by atoms with Gasteiger partial charge in [0.15, 0.2) is 0 Å². The first-order chi connectivity index (χ1) is 15.1. The van der Waals surface area contributed by atoms with Gasteiger partial charge in [0.2, 0.25) is 5.91 Å². The molecule has 2 aromatic rings. The maximum absolute atomic E-state index is 12.6. The summed E-state index contributed by atoms with van der Waals surface area (Å²) in [5, 5.41) is 7.25. The number of nitrogens with one attached hydrogen (secondary N) is 2. The highest BCUT2D eigenvalue weighted by atomic mass is 32.1. The van der Waals surface area contributed by atoms with E-state index >= 15 is 0 Å². The van der Waals surface area contributed by atoms with E-state index in [1.165, 1.54) is 4.88 Å². The Morgan fingerprint density at radius 3 is 2.65 bits per heavy atom. The van der Waals surface area contributed by atoms with Gasteiger partial charge in [0, 0.05) is 43.6 Å². The van der Waals surface area contributed by atoms with Crippen LogP contribution in [0.15, 0.2) is 47.8 Å². The average molecular weight is 445 g/mol. The Morgan fingerprint density at radius 1 is 1.16 bits per heavy atom. The van der Waals surface area contributed by atoms with E-state index in [4.69, 9.17) is 4.74 Å². The van der Waals surface area contributed by atoms with Crippen molar-refractivity contribution in [3.05, 3.63) is 58.3 Å². The van der Waals surface area contributed by atoms with Gasteiger partial charge in [-0.2, -0.15) is 0 Å². The smallest absolute Gasteiger partial charge is 0.321 e. The Balaban J connectivity index is 1.50. The molecule has 31 heavy (non-hydrogen) atoms. The Hall–Kier alpha value is -2.26. The molecule has 0 saturated carbocycles. The van der Waals surface area contributed by atoms with Gasteiger partial charge in [-0.3, -0.25) is 19.9 Å². The lowest BCUT2D eigenvalue weighted by Crippen LogP contribution is -2.50. The summed E-state index contributed by atoms with van der Waals surface area (Å²) in [7, 11) is 0. The zero-order chi connectivity index (χ0) is 21.9. The average Bonchev–Trinajstić information content (AvgIpc) is 3.28. The minimum absolute atomic E-state index is 0.158. The fourth-order valence-corrected chi connectivity index (χ4v) is 4.32. The fourth-order valence-electron chi connectivity index (χ4n) is 3.61. The number of hydrogen-bond acceptors (Lipinski definition) is 6. The molecule has 1 aromatic heterocycles. The molecule has 1 aliphatic rings. The number of urea groups is 1. The number of nitrogens with zero attached hydrogens (tertiary/aromatic N) is 2. The van der Waals surface area contributed by atoms with Gasteiger partial charge in [-0.1, -0.05) is 36.4 Å². The van der Waals surface area contributed by atoms with E-state index in [0.717, 1.165) is 44.8 Å². The molecule has 7 nitrogen and oxygen atoms in total. The number of ether oxygens (including phenoxy) is 1.